The predicted molar refractivity (Wildman–Crippen MR) is 120 cm³/mol. The van der Waals surface area contributed by atoms with Crippen LogP contribution in [0.2, 0.25) is 0 Å². The third-order valence-corrected chi connectivity index (χ3v) is 6.13. The van der Waals surface area contributed by atoms with Crippen molar-refractivity contribution in [1.29, 1.82) is 0 Å². The summed E-state index contributed by atoms with van der Waals surface area (Å²) in [6.45, 7) is 0. The van der Waals surface area contributed by atoms with Gasteiger partial charge in [-0.3, -0.25) is 9.52 Å². The van der Waals surface area contributed by atoms with Crippen molar-refractivity contribution in [3.8, 4) is 0 Å². The maximum absolute atomic E-state index is 13.0. The van der Waals surface area contributed by atoms with Crippen molar-refractivity contribution in [2.45, 2.75) is 11.3 Å². The lowest BCUT2D eigenvalue weighted by Crippen LogP contribution is -2.15. The molecule has 31 heavy (non-hydrogen) atoms. The Kier molecular flexibility index (Phi) is 5.68. The van der Waals surface area contributed by atoms with Crippen LogP contribution in [0.1, 0.15) is 5.56 Å². The highest BCUT2D eigenvalue weighted by atomic mass is 32.2. The van der Waals surface area contributed by atoms with Gasteiger partial charge in [-0.2, -0.15) is 0 Å². The zero-order chi connectivity index (χ0) is 21.8. The molecule has 0 aliphatic rings. The fourth-order valence-corrected chi connectivity index (χ4v) is 4.23. The Morgan fingerprint density at radius 2 is 1.42 bits per heavy atom. The number of hydrogen-bond donors (Lipinski definition) is 2. The third-order valence-electron chi connectivity index (χ3n) is 4.73. The van der Waals surface area contributed by atoms with E-state index in [1.54, 1.807) is 24.3 Å². The number of carbonyl (C=O) groups excluding carboxylic acids is 1. The highest BCUT2D eigenvalue weighted by molar-refractivity contribution is 7.92. The van der Waals surface area contributed by atoms with Crippen molar-refractivity contribution < 1.29 is 17.6 Å². The molecule has 4 aromatic carbocycles. The van der Waals surface area contributed by atoms with E-state index in [0.29, 0.717) is 11.4 Å². The van der Waals surface area contributed by atoms with Crippen molar-refractivity contribution in [2.24, 2.45) is 0 Å². The van der Waals surface area contributed by atoms with Crippen LogP contribution in [-0.4, -0.2) is 14.3 Å². The van der Waals surface area contributed by atoms with E-state index < -0.39 is 15.8 Å². The molecule has 4 rings (SSSR count). The Bertz CT molecular complexity index is 1340. The van der Waals surface area contributed by atoms with Gasteiger partial charge in [0.1, 0.15) is 5.82 Å². The molecule has 0 saturated carbocycles. The number of fused-ring (bicyclic) bond motifs is 1. The third kappa shape index (κ3) is 5.07. The summed E-state index contributed by atoms with van der Waals surface area (Å²) in [6, 6.07) is 24.7. The molecule has 5 nitrogen and oxygen atoms in total. The quantitative estimate of drug-likeness (QED) is 0.450. The average molecular weight is 434 g/mol. The standard InChI is InChI=1S/C24H19FN2O3S/c25-20-8-13-23(14-9-20)31(29,30)27-21-10-5-17(6-11-21)15-24(28)26-22-12-7-18-3-1-2-4-19(18)16-22/h1-14,16,27H,15H2,(H,26,28). The normalized spacial score (nSPS) is 11.3. The van der Waals surface area contributed by atoms with E-state index in [4.69, 9.17) is 0 Å². The van der Waals surface area contributed by atoms with Crippen LogP contribution in [-0.2, 0) is 21.2 Å². The van der Waals surface area contributed by atoms with Crippen molar-refractivity contribution in [1.82, 2.24) is 0 Å². The fraction of sp³-hybridized carbons (Fsp3) is 0.0417. The van der Waals surface area contributed by atoms with Gasteiger partial charge in [0.2, 0.25) is 5.91 Å². The summed E-state index contributed by atoms with van der Waals surface area (Å²) >= 11 is 0. The van der Waals surface area contributed by atoms with E-state index >= 15 is 0 Å². The summed E-state index contributed by atoms with van der Waals surface area (Å²) in [4.78, 5) is 12.4. The molecular formula is C24H19FN2O3S. The van der Waals surface area contributed by atoms with Gasteiger partial charge in [0.05, 0.1) is 11.3 Å². The number of sulfonamides is 1. The minimum atomic E-state index is -3.82. The van der Waals surface area contributed by atoms with Gasteiger partial charge in [-0.15, -0.1) is 0 Å². The van der Waals surface area contributed by atoms with Gasteiger partial charge in [0.15, 0.2) is 0 Å². The first kappa shape index (κ1) is 20.6. The van der Waals surface area contributed by atoms with E-state index in [1.165, 1.54) is 12.1 Å². The van der Waals surface area contributed by atoms with Crippen LogP contribution in [0.4, 0.5) is 15.8 Å². The largest absolute Gasteiger partial charge is 0.326 e. The second-order valence-corrected chi connectivity index (χ2v) is 8.73. The molecule has 0 radical (unpaired) electrons. The van der Waals surface area contributed by atoms with E-state index in [-0.39, 0.29) is 17.2 Å². The lowest BCUT2D eigenvalue weighted by molar-refractivity contribution is -0.115. The molecule has 0 spiro atoms. The van der Waals surface area contributed by atoms with Crippen LogP contribution in [0, 0.1) is 5.82 Å². The molecule has 0 atom stereocenters. The van der Waals surface area contributed by atoms with Gasteiger partial charge in [-0.25, -0.2) is 12.8 Å². The highest BCUT2D eigenvalue weighted by Crippen LogP contribution is 2.20. The fourth-order valence-electron chi connectivity index (χ4n) is 3.18. The second kappa shape index (κ2) is 8.57. The van der Waals surface area contributed by atoms with Gasteiger partial charge in [0, 0.05) is 11.4 Å². The maximum atomic E-state index is 13.0. The van der Waals surface area contributed by atoms with Gasteiger partial charge in [-0.1, -0.05) is 42.5 Å². The molecule has 0 aliphatic heterocycles. The zero-order valence-corrected chi connectivity index (χ0v) is 17.2. The first-order valence-corrected chi connectivity index (χ1v) is 11.0. The number of nitrogens with one attached hydrogen (secondary N) is 2. The molecule has 0 bridgehead atoms. The van der Waals surface area contributed by atoms with Crippen molar-refractivity contribution in [2.75, 3.05) is 10.0 Å². The number of anilines is 2. The Morgan fingerprint density at radius 3 is 2.13 bits per heavy atom. The Hall–Kier alpha value is -3.71. The zero-order valence-electron chi connectivity index (χ0n) is 16.4. The van der Waals surface area contributed by atoms with Crippen LogP contribution >= 0.6 is 0 Å². The lowest BCUT2D eigenvalue weighted by Gasteiger charge is -2.10. The SMILES string of the molecule is O=C(Cc1ccc(NS(=O)(=O)c2ccc(F)cc2)cc1)Nc1ccc2ccccc2c1. The summed E-state index contributed by atoms with van der Waals surface area (Å²) in [5, 5.41) is 5.02. The number of rotatable bonds is 6. The van der Waals surface area contributed by atoms with E-state index in [0.717, 1.165) is 28.5 Å². The first-order chi connectivity index (χ1) is 14.9. The molecule has 1 amide bonds. The summed E-state index contributed by atoms with van der Waals surface area (Å²) in [5.74, 6) is -0.680. The molecule has 0 saturated heterocycles. The Balaban J connectivity index is 1.39. The van der Waals surface area contributed by atoms with E-state index in [9.17, 15) is 17.6 Å². The van der Waals surface area contributed by atoms with Gasteiger partial charge in [-0.05, 0) is 64.9 Å². The summed E-state index contributed by atoms with van der Waals surface area (Å²) in [5.41, 5.74) is 1.80. The van der Waals surface area contributed by atoms with Gasteiger partial charge < -0.3 is 5.32 Å². The van der Waals surface area contributed by atoms with Crippen LogP contribution in [0.5, 0.6) is 0 Å². The molecule has 0 fully saturated rings. The monoisotopic (exact) mass is 434 g/mol. The number of amides is 1. The van der Waals surface area contributed by atoms with E-state index in [1.807, 2.05) is 42.5 Å². The van der Waals surface area contributed by atoms with E-state index in [2.05, 4.69) is 10.0 Å². The van der Waals surface area contributed by atoms with Crippen LogP contribution in [0.15, 0.2) is 95.9 Å². The Morgan fingerprint density at radius 1 is 0.774 bits per heavy atom. The van der Waals surface area contributed by atoms with Gasteiger partial charge >= 0.3 is 0 Å². The maximum Gasteiger partial charge on any atom is 0.261 e. The Labute approximate surface area is 179 Å². The van der Waals surface area contributed by atoms with Crippen LogP contribution in [0.25, 0.3) is 10.8 Å². The second-order valence-electron chi connectivity index (χ2n) is 7.04. The van der Waals surface area contributed by atoms with Crippen molar-refractivity contribution >= 4 is 38.1 Å². The number of halogens is 1. The first-order valence-electron chi connectivity index (χ1n) is 9.55. The molecule has 0 heterocycles. The van der Waals surface area contributed by atoms with Gasteiger partial charge in [0.25, 0.3) is 10.0 Å². The van der Waals surface area contributed by atoms with Crippen LogP contribution in [0.3, 0.4) is 0 Å². The van der Waals surface area contributed by atoms with Crippen molar-refractivity contribution in [3.05, 3.63) is 102 Å². The molecular weight excluding hydrogens is 415 g/mol. The number of benzene rings is 4. The predicted octanol–water partition coefficient (Wildman–Crippen LogP) is 4.96. The van der Waals surface area contributed by atoms with Crippen molar-refractivity contribution in [3.63, 3.8) is 0 Å². The topological polar surface area (TPSA) is 75.3 Å². The minimum Gasteiger partial charge on any atom is -0.326 e. The molecule has 0 aromatic heterocycles. The molecule has 7 heteroatoms. The number of carbonyl (C=O) groups is 1. The minimum absolute atomic E-state index is 0.0345. The highest BCUT2D eigenvalue weighted by Gasteiger charge is 2.14. The average Bonchev–Trinajstić information content (AvgIpc) is 2.75. The number of hydrogen-bond acceptors (Lipinski definition) is 3. The lowest BCUT2D eigenvalue weighted by atomic mass is 10.1. The molecule has 156 valence electrons. The molecule has 2 N–H and O–H groups in total. The van der Waals surface area contributed by atoms with Crippen LogP contribution < -0.4 is 10.0 Å². The smallest absolute Gasteiger partial charge is 0.261 e. The summed E-state index contributed by atoms with van der Waals surface area (Å²) < 4.78 is 40.2. The summed E-state index contributed by atoms with van der Waals surface area (Å²) in [6.07, 6.45) is 0.151. The molecule has 0 unspecified atom stereocenters. The molecule has 0 aliphatic carbocycles. The summed E-state index contributed by atoms with van der Waals surface area (Å²) in [7, 11) is -3.82. The molecule has 4 aromatic rings.